The second kappa shape index (κ2) is 6.92. The fourth-order valence-corrected chi connectivity index (χ4v) is 2.15. The summed E-state index contributed by atoms with van der Waals surface area (Å²) in [6.45, 7) is 5.49. The lowest BCUT2D eigenvalue weighted by Crippen LogP contribution is -2.27. The normalized spacial score (nSPS) is 11.4. The zero-order valence-corrected chi connectivity index (χ0v) is 12.4. The molecule has 0 radical (unpaired) electrons. The van der Waals surface area contributed by atoms with Crippen LogP contribution in [0.5, 0.6) is 0 Å². The molecule has 6 heteroatoms. The molecule has 0 saturated heterocycles. The predicted octanol–water partition coefficient (Wildman–Crippen LogP) is 3.97. The van der Waals surface area contributed by atoms with E-state index in [0.717, 1.165) is 31.5 Å². The van der Waals surface area contributed by atoms with Gasteiger partial charge in [-0.2, -0.15) is 13.2 Å². The number of halogens is 3. The molecule has 0 spiro atoms. The first-order valence-corrected chi connectivity index (χ1v) is 6.98. The van der Waals surface area contributed by atoms with Crippen molar-refractivity contribution in [2.24, 2.45) is 5.73 Å². The van der Waals surface area contributed by atoms with Crippen LogP contribution >= 0.6 is 12.2 Å². The molecule has 0 saturated carbocycles. The molecule has 112 valence electrons. The third-order valence-electron chi connectivity index (χ3n) is 3.09. The molecule has 0 aliphatic heterocycles. The molecule has 0 aliphatic rings. The number of benzene rings is 1. The summed E-state index contributed by atoms with van der Waals surface area (Å²) in [6.07, 6.45) is -2.41. The predicted molar refractivity (Wildman–Crippen MR) is 80.1 cm³/mol. The van der Waals surface area contributed by atoms with Gasteiger partial charge in [-0.25, -0.2) is 0 Å². The van der Waals surface area contributed by atoms with E-state index >= 15 is 0 Å². The quantitative estimate of drug-likeness (QED) is 0.806. The maximum absolute atomic E-state index is 12.8. The van der Waals surface area contributed by atoms with Gasteiger partial charge in [0, 0.05) is 24.3 Å². The molecule has 1 aromatic carbocycles. The average molecular weight is 304 g/mol. The highest BCUT2D eigenvalue weighted by Crippen LogP contribution is 2.33. The topological polar surface area (TPSA) is 29.3 Å². The Morgan fingerprint density at radius 1 is 1.30 bits per heavy atom. The summed E-state index contributed by atoms with van der Waals surface area (Å²) in [5, 5.41) is 0. The lowest BCUT2D eigenvalue weighted by atomic mass is 10.1. The van der Waals surface area contributed by atoms with Gasteiger partial charge < -0.3 is 10.6 Å². The number of nitrogens with zero attached hydrogens (tertiary/aromatic N) is 1. The fraction of sp³-hybridized carbons (Fsp3) is 0.500. The smallest absolute Gasteiger partial charge is 0.389 e. The second-order valence-electron chi connectivity index (χ2n) is 4.53. The Labute approximate surface area is 122 Å². The van der Waals surface area contributed by atoms with E-state index in [1.807, 2.05) is 11.8 Å². The molecule has 1 aromatic rings. The van der Waals surface area contributed by atoms with E-state index in [1.54, 1.807) is 0 Å². The van der Waals surface area contributed by atoms with Gasteiger partial charge in [-0.3, -0.25) is 0 Å². The molecule has 2 N–H and O–H groups in total. The highest BCUT2D eigenvalue weighted by atomic mass is 32.1. The summed E-state index contributed by atoms with van der Waals surface area (Å²) in [4.78, 5) is 1.99. The van der Waals surface area contributed by atoms with Crippen molar-refractivity contribution in [1.82, 2.24) is 0 Å². The summed E-state index contributed by atoms with van der Waals surface area (Å²) in [5.74, 6) is 0. The highest BCUT2D eigenvalue weighted by Gasteiger charge is 2.31. The maximum Gasteiger partial charge on any atom is 0.416 e. The van der Waals surface area contributed by atoms with Crippen LogP contribution in [-0.4, -0.2) is 18.1 Å². The Morgan fingerprint density at radius 2 is 1.95 bits per heavy atom. The van der Waals surface area contributed by atoms with E-state index in [4.69, 9.17) is 18.0 Å². The SMILES string of the molecule is CCCCN(CC)c1ccc(C(F)(F)F)cc1C(N)=S. The van der Waals surface area contributed by atoms with Crippen molar-refractivity contribution in [2.75, 3.05) is 18.0 Å². The van der Waals surface area contributed by atoms with E-state index in [2.05, 4.69) is 6.92 Å². The third-order valence-corrected chi connectivity index (χ3v) is 3.31. The number of unbranched alkanes of at least 4 members (excludes halogenated alkanes) is 1. The first-order chi connectivity index (χ1) is 9.31. The van der Waals surface area contributed by atoms with E-state index in [9.17, 15) is 13.2 Å². The Kier molecular flexibility index (Phi) is 5.80. The molecule has 1 rings (SSSR count). The number of hydrogen-bond acceptors (Lipinski definition) is 2. The van der Waals surface area contributed by atoms with E-state index < -0.39 is 11.7 Å². The zero-order chi connectivity index (χ0) is 15.3. The molecule has 0 fully saturated rings. The minimum atomic E-state index is -4.39. The van der Waals surface area contributed by atoms with Crippen molar-refractivity contribution in [3.05, 3.63) is 29.3 Å². The fourth-order valence-electron chi connectivity index (χ4n) is 1.98. The van der Waals surface area contributed by atoms with E-state index in [0.29, 0.717) is 12.2 Å². The van der Waals surface area contributed by atoms with Crippen LogP contribution in [0.1, 0.15) is 37.8 Å². The molecular formula is C14H19F3N2S. The highest BCUT2D eigenvalue weighted by molar-refractivity contribution is 7.80. The van der Waals surface area contributed by atoms with Gasteiger partial charge in [-0.1, -0.05) is 25.6 Å². The van der Waals surface area contributed by atoms with Crippen LogP contribution in [-0.2, 0) is 6.18 Å². The lowest BCUT2D eigenvalue weighted by Gasteiger charge is -2.26. The Balaban J connectivity index is 3.22. The molecule has 0 unspecified atom stereocenters. The number of anilines is 1. The minimum Gasteiger partial charge on any atom is -0.389 e. The molecule has 2 nitrogen and oxygen atoms in total. The number of nitrogens with two attached hydrogens (primary N) is 1. The molecule has 0 atom stereocenters. The van der Waals surface area contributed by atoms with Crippen LogP contribution in [0.4, 0.5) is 18.9 Å². The third kappa shape index (κ3) is 4.10. The van der Waals surface area contributed by atoms with Gasteiger partial charge in [0.2, 0.25) is 0 Å². The van der Waals surface area contributed by atoms with Crippen molar-refractivity contribution in [1.29, 1.82) is 0 Å². The number of alkyl halides is 3. The summed E-state index contributed by atoms with van der Waals surface area (Å²) >= 11 is 4.90. The summed E-state index contributed by atoms with van der Waals surface area (Å²) in [7, 11) is 0. The molecule has 0 amide bonds. The molecule has 0 heterocycles. The Hall–Kier alpha value is -1.30. The number of rotatable bonds is 6. The first kappa shape index (κ1) is 16.8. The number of hydrogen-bond donors (Lipinski definition) is 1. The standard InChI is InChI=1S/C14H19F3N2S/c1-3-5-8-19(4-2)12-7-6-10(14(15,16)17)9-11(12)13(18)20/h6-7,9H,3-5,8H2,1-2H3,(H2,18,20). The van der Waals surface area contributed by atoms with Gasteiger partial charge in [0.1, 0.15) is 4.99 Å². The minimum absolute atomic E-state index is 0.0129. The van der Waals surface area contributed by atoms with Crippen LogP contribution in [0.15, 0.2) is 18.2 Å². The maximum atomic E-state index is 12.8. The van der Waals surface area contributed by atoms with Gasteiger partial charge in [-0.15, -0.1) is 0 Å². The monoisotopic (exact) mass is 304 g/mol. The Bertz CT molecular complexity index is 472. The van der Waals surface area contributed by atoms with Crippen LogP contribution in [0, 0.1) is 0 Å². The largest absolute Gasteiger partial charge is 0.416 e. The van der Waals surface area contributed by atoms with Crippen molar-refractivity contribution in [2.45, 2.75) is 32.9 Å². The van der Waals surface area contributed by atoms with Crippen LogP contribution in [0.25, 0.3) is 0 Å². The van der Waals surface area contributed by atoms with Crippen molar-refractivity contribution >= 4 is 22.9 Å². The molecule has 0 aromatic heterocycles. The van der Waals surface area contributed by atoms with Crippen LogP contribution in [0.3, 0.4) is 0 Å². The molecule has 20 heavy (non-hydrogen) atoms. The average Bonchev–Trinajstić information content (AvgIpc) is 2.38. The van der Waals surface area contributed by atoms with Crippen LogP contribution < -0.4 is 10.6 Å². The van der Waals surface area contributed by atoms with Gasteiger partial charge >= 0.3 is 6.18 Å². The van der Waals surface area contributed by atoms with Crippen LogP contribution in [0.2, 0.25) is 0 Å². The van der Waals surface area contributed by atoms with Crippen molar-refractivity contribution in [3.8, 4) is 0 Å². The van der Waals surface area contributed by atoms with E-state index in [1.165, 1.54) is 6.07 Å². The van der Waals surface area contributed by atoms with Crippen molar-refractivity contribution < 1.29 is 13.2 Å². The van der Waals surface area contributed by atoms with E-state index in [-0.39, 0.29) is 10.6 Å². The second-order valence-corrected chi connectivity index (χ2v) is 4.97. The Morgan fingerprint density at radius 3 is 2.40 bits per heavy atom. The molecular weight excluding hydrogens is 285 g/mol. The van der Waals surface area contributed by atoms with Gasteiger partial charge in [0.05, 0.1) is 5.56 Å². The number of thiocarbonyl (C=S) groups is 1. The van der Waals surface area contributed by atoms with Gasteiger partial charge in [0.15, 0.2) is 0 Å². The first-order valence-electron chi connectivity index (χ1n) is 6.57. The summed E-state index contributed by atoms with van der Waals surface area (Å²) in [6, 6.07) is 3.56. The lowest BCUT2D eigenvalue weighted by molar-refractivity contribution is -0.137. The molecule has 0 aliphatic carbocycles. The summed E-state index contributed by atoms with van der Waals surface area (Å²) in [5.41, 5.74) is 5.81. The van der Waals surface area contributed by atoms with Crippen molar-refractivity contribution in [3.63, 3.8) is 0 Å². The summed E-state index contributed by atoms with van der Waals surface area (Å²) < 4.78 is 38.3. The molecule has 0 bridgehead atoms. The van der Waals surface area contributed by atoms with Gasteiger partial charge in [0.25, 0.3) is 0 Å². The zero-order valence-electron chi connectivity index (χ0n) is 11.6. The van der Waals surface area contributed by atoms with Gasteiger partial charge in [-0.05, 0) is 31.5 Å².